The highest BCUT2D eigenvalue weighted by atomic mass is 31.2. The number of hydrogen-bond acceptors (Lipinski definition) is 8. The molecule has 0 amide bonds. The van der Waals surface area contributed by atoms with Crippen LogP contribution in [-0.2, 0) is 32.7 Å². The number of ether oxygens (including phenoxy) is 2. The fraction of sp³-hybridized carbons (Fsp3) is 0.652. The number of phosphoric acid groups is 1. The lowest BCUT2D eigenvalue weighted by Crippen LogP contribution is -2.37. The van der Waals surface area contributed by atoms with E-state index in [1.807, 2.05) is 45.4 Å². The molecule has 0 aliphatic heterocycles. The van der Waals surface area contributed by atoms with Crippen LogP contribution in [0.25, 0.3) is 0 Å². The number of phosphoric ester groups is 1. The summed E-state index contributed by atoms with van der Waals surface area (Å²) in [6.07, 6.45) is 43.9. The molecule has 0 radical (unpaired) electrons. The molecule has 0 spiro atoms. The Hall–Kier alpha value is -2.85. The summed E-state index contributed by atoms with van der Waals surface area (Å²) in [7, 11) is 1.40. The Morgan fingerprint density at radius 1 is 0.632 bits per heavy atom. The van der Waals surface area contributed by atoms with Gasteiger partial charge in [0.1, 0.15) is 19.8 Å². The van der Waals surface area contributed by atoms with Crippen LogP contribution < -0.4 is 0 Å². The van der Waals surface area contributed by atoms with Crippen LogP contribution in [0.2, 0.25) is 0 Å². The number of carbonyl (C=O) groups excluding carboxylic acids is 2. The first-order chi connectivity index (χ1) is 27.4. The van der Waals surface area contributed by atoms with Gasteiger partial charge in [0.05, 0.1) is 33.9 Å². The first-order valence-corrected chi connectivity index (χ1v) is 22.9. The first kappa shape index (κ1) is 54.2. The van der Waals surface area contributed by atoms with Crippen LogP contribution in [0.5, 0.6) is 0 Å². The number of allylic oxidation sites excluding steroid dienone is 12. The van der Waals surface area contributed by atoms with Crippen LogP contribution in [-0.4, -0.2) is 86.1 Å². The molecule has 0 rings (SSSR count). The summed E-state index contributed by atoms with van der Waals surface area (Å²) in [5.41, 5.74) is 0. The lowest BCUT2D eigenvalue weighted by atomic mass is 10.1. The van der Waals surface area contributed by atoms with Crippen LogP contribution in [0, 0.1) is 0 Å². The highest BCUT2D eigenvalue weighted by Gasteiger charge is 2.27. The Balaban J connectivity index is 4.51. The van der Waals surface area contributed by atoms with E-state index >= 15 is 0 Å². The van der Waals surface area contributed by atoms with Gasteiger partial charge in [-0.3, -0.25) is 18.6 Å². The maximum Gasteiger partial charge on any atom is 0.472 e. The lowest BCUT2D eigenvalue weighted by molar-refractivity contribution is -0.870. The Labute approximate surface area is 346 Å². The number of hydrogen-bond donors (Lipinski definition) is 2. The molecular formula is C46H79NO9P+. The van der Waals surface area contributed by atoms with Crippen molar-refractivity contribution in [2.24, 2.45) is 0 Å². The molecule has 57 heavy (non-hydrogen) atoms. The van der Waals surface area contributed by atoms with Gasteiger partial charge in [0.25, 0.3) is 0 Å². The molecule has 0 aliphatic rings. The molecule has 0 heterocycles. The smallest absolute Gasteiger partial charge is 0.462 e. The van der Waals surface area contributed by atoms with E-state index in [9.17, 15) is 24.2 Å². The molecule has 0 aromatic rings. The molecule has 10 nitrogen and oxygen atoms in total. The summed E-state index contributed by atoms with van der Waals surface area (Å²) in [4.78, 5) is 35.3. The number of rotatable bonds is 37. The number of aliphatic hydroxyl groups excluding tert-OH is 1. The zero-order valence-corrected chi connectivity index (χ0v) is 37.0. The van der Waals surface area contributed by atoms with Crippen LogP contribution in [0.3, 0.4) is 0 Å². The van der Waals surface area contributed by atoms with E-state index in [0.717, 1.165) is 89.9 Å². The van der Waals surface area contributed by atoms with Gasteiger partial charge >= 0.3 is 19.8 Å². The van der Waals surface area contributed by atoms with Crippen molar-refractivity contribution in [2.45, 2.75) is 148 Å². The first-order valence-electron chi connectivity index (χ1n) is 21.4. The van der Waals surface area contributed by atoms with Gasteiger partial charge in [-0.05, 0) is 77.0 Å². The molecule has 2 unspecified atom stereocenters. The van der Waals surface area contributed by atoms with Gasteiger partial charge in [-0.1, -0.05) is 131 Å². The van der Waals surface area contributed by atoms with E-state index < -0.39 is 38.6 Å². The van der Waals surface area contributed by atoms with Crippen LogP contribution in [0.1, 0.15) is 136 Å². The zero-order valence-electron chi connectivity index (χ0n) is 36.1. The minimum Gasteiger partial charge on any atom is -0.462 e. The van der Waals surface area contributed by atoms with Crippen molar-refractivity contribution in [2.75, 3.05) is 47.5 Å². The van der Waals surface area contributed by atoms with Crippen molar-refractivity contribution in [3.8, 4) is 0 Å². The molecule has 0 fully saturated rings. The number of aliphatic hydroxyl groups is 1. The van der Waals surface area contributed by atoms with E-state index in [4.69, 9.17) is 18.5 Å². The average molecular weight is 821 g/mol. The second kappa shape index (κ2) is 37.4. The number of likely N-dealkylation sites (N-methyl/N-ethyl adjacent to an activating group) is 1. The van der Waals surface area contributed by atoms with Gasteiger partial charge < -0.3 is 24.0 Å². The number of quaternary nitrogens is 1. The van der Waals surface area contributed by atoms with E-state index in [2.05, 4.69) is 68.5 Å². The number of nitrogens with zero attached hydrogens (tertiary/aromatic N) is 1. The van der Waals surface area contributed by atoms with Gasteiger partial charge in [-0.25, -0.2) is 4.57 Å². The maximum atomic E-state index is 12.7. The molecule has 3 atom stereocenters. The third-order valence-electron chi connectivity index (χ3n) is 8.50. The molecular weight excluding hydrogens is 741 g/mol. The monoisotopic (exact) mass is 821 g/mol. The SMILES string of the molecule is CC/C=C\C/C=C\C/C=C\C/C=C\CCCCCCC(=O)OC[C@H](COP(=O)(O)OCC[N+](C)(C)C)OC(=O)CCCCCCC/C=C/C=C/C(O)C/C=C/CC. The van der Waals surface area contributed by atoms with E-state index in [1.54, 1.807) is 6.08 Å². The van der Waals surface area contributed by atoms with Crippen molar-refractivity contribution < 1.29 is 47.2 Å². The summed E-state index contributed by atoms with van der Waals surface area (Å²) in [6, 6.07) is 0. The van der Waals surface area contributed by atoms with E-state index in [0.29, 0.717) is 30.3 Å². The van der Waals surface area contributed by atoms with Gasteiger partial charge in [0, 0.05) is 12.8 Å². The molecule has 326 valence electrons. The lowest BCUT2D eigenvalue weighted by Gasteiger charge is -2.24. The molecule has 0 bridgehead atoms. The van der Waals surface area contributed by atoms with Gasteiger partial charge in [0.2, 0.25) is 0 Å². The molecule has 0 saturated carbocycles. The highest BCUT2D eigenvalue weighted by molar-refractivity contribution is 7.47. The summed E-state index contributed by atoms with van der Waals surface area (Å²) in [5.74, 6) is -0.890. The number of unbranched alkanes of at least 4 members (excludes halogenated alkanes) is 9. The quantitative estimate of drug-likeness (QED) is 0.0157. The minimum absolute atomic E-state index is 0.00876. The standard InChI is InChI=1S/C46H78NO9P/c1-6-8-10-11-12-13-14-15-16-17-18-19-20-23-26-29-33-37-45(49)53-41-44(42-55-57(51,52)54-40-39-47(3,4)5)56-46(50)38-34-30-27-24-21-22-25-28-32-36-43(48)35-31-9-7-2/h8-10,12-13,15-16,18-19,25,28,31-32,36,43-44,48H,6-7,11,14,17,20-24,26-27,29-30,33-35,37-42H2,1-5H3/p+1/b10-8-,13-12-,16-15-,19-18-,28-25+,31-9+,36-32+/t43?,44-/m1/s1. The molecule has 11 heteroatoms. The fourth-order valence-corrected chi connectivity index (χ4v) is 5.90. The van der Waals surface area contributed by atoms with Gasteiger partial charge in [-0.15, -0.1) is 0 Å². The second-order valence-electron chi connectivity index (χ2n) is 15.2. The van der Waals surface area contributed by atoms with Crippen molar-refractivity contribution >= 4 is 19.8 Å². The molecule has 0 aromatic heterocycles. The second-order valence-corrected chi connectivity index (χ2v) is 16.6. The van der Waals surface area contributed by atoms with Crippen LogP contribution in [0.15, 0.2) is 85.1 Å². The van der Waals surface area contributed by atoms with Crippen molar-refractivity contribution in [3.05, 3.63) is 85.1 Å². The van der Waals surface area contributed by atoms with Crippen molar-refractivity contribution in [1.29, 1.82) is 0 Å². The van der Waals surface area contributed by atoms with Gasteiger partial charge in [0.15, 0.2) is 6.10 Å². The molecule has 2 N–H and O–H groups in total. The third kappa shape index (κ3) is 41.1. The Kier molecular flexibility index (Phi) is 35.6. The normalized spacial score (nSPS) is 15.0. The summed E-state index contributed by atoms with van der Waals surface area (Å²) in [6.45, 7) is 3.99. The summed E-state index contributed by atoms with van der Waals surface area (Å²) < 4.78 is 34.2. The maximum absolute atomic E-state index is 12.7. The molecule has 0 saturated heterocycles. The fourth-order valence-electron chi connectivity index (χ4n) is 5.16. The van der Waals surface area contributed by atoms with E-state index in [1.165, 1.54) is 0 Å². The Morgan fingerprint density at radius 3 is 1.77 bits per heavy atom. The average Bonchev–Trinajstić information content (AvgIpc) is 3.15. The zero-order chi connectivity index (χ0) is 42.3. The highest BCUT2D eigenvalue weighted by Crippen LogP contribution is 2.43. The number of esters is 2. The summed E-state index contributed by atoms with van der Waals surface area (Å²) in [5, 5.41) is 9.89. The van der Waals surface area contributed by atoms with Crippen molar-refractivity contribution in [1.82, 2.24) is 0 Å². The number of carbonyl (C=O) groups is 2. The Bertz CT molecular complexity index is 1260. The van der Waals surface area contributed by atoms with E-state index in [-0.39, 0.29) is 26.1 Å². The van der Waals surface area contributed by atoms with Gasteiger partial charge in [-0.2, -0.15) is 0 Å². The Morgan fingerprint density at radius 2 is 1.16 bits per heavy atom. The minimum atomic E-state index is -4.40. The predicted octanol–water partition coefficient (Wildman–Crippen LogP) is 11.0. The topological polar surface area (TPSA) is 129 Å². The molecule has 0 aromatic carbocycles. The van der Waals surface area contributed by atoms with Crippen LogP contribution >= 0.6 is 7.82 Å². The third-order valence-corrected chi connectivity index (χ3v) is 9.49. The van der Waals surface area contributed by atoms with Crippen LogP contribution in [0.4, 0.5) is 0 Å². The predicted molar refractivity (Wildman–Crippen MR) is 235 cm³/mol. The largest absolute Gasteiger partial charge is 0.472 e. The molecule has 0 aliphatic carbocycles. The van der Waals surface area contributed by atoms with Crippen molar-refractivity contribution in [3.63, 3.8) is 0 Å². The summed E-state index contributed by atoms with van der Waals surface area (Å²) >= 11 is 0.